The van der Waals surface area contributed by atoms with Gasteiger partial charge in [-0.05, 0) is 19.1 Å². The van der Waals surface area contributed by atoms with E-state index in [9.17, 15) is 8.42 Å². The van der Waals surface area contributed by atoms with Gasteiger partial charge in [0.15, 0.2) is 9.84 Å². The van der Waals surface area contributed by atoms with E-state index in [0.29, 0.717) is 11.5 Å². The summed E-state index contributed by atoms with van der Waals surface area (Å²) >= 11 is 0. The molecule has 6 heteroatoms. The van der Waals surface area contributed by atoms with Gasteiger partial charge in [-0.15, -0.1) is 0 Å². The second-order valence-corrected chi connectivity index (χ2v) is 6.27. The van der Waals surface area contributed by atoms with Crippen molar-refractivity contribution in [3.05, 3.63) is 29.8 Å². The van der Waals surface area contributed by atoms with Gasteiger partial charge in [0, 0.05) is 11.3 Å². The highest BCUT2D eigenvalue weighted by molar-refractivity contribution is 7.91. The van der Waals surface area contributed by atoms with Crippen LogP contribution < -0.4 is 4.74 Å². The Labute approximate surface area is 107 Å². The van der Waals surface area contributed by atoms with Gasteiger partial charge in [-0.2, -0.15) is 0 Å². The van der Waals surface area contributed by atoms with E-state index in [-0.39, 0.29) is 18.1 Å². The Balaban J connectivity index is 2.64. The first-order chi connectivity index (χ1) is 8.48. The monoisotopic (exact) mass is 271 g/mol. The second kappa shape index (κ2) is 6.39. The number of benzene rings is 1. The minimum Gasteiger partial charge on any atom is -0.493 e. The number of sulfone groups is 1. The fraction of sp³-hybridized carbons (Fsp3) is 0.417. The van der Waals surface area contributed by atoms with Crippen LogP contribution in [0.2, 0.25) is 0 Å². The summed E-state index contributed by atoms with van der Waals surface area (Å²) in [4.78, 5) is 0. The van der Waals surface area contributed by atoms with E-state index in [2.05, 4.69) is 5.16 Å². The maximum absolute atomic E-state index is 11.3. The Bertz CT molecular complexity index is 523. The molecule has 5 nitrogen and oxygen atoms in total. The van der Waals surface area contributed by atoms with E-state index in [0.717, 1.165) is 5.56 Å². The van der Waals surface area contributed by atoms with Gasteiger partial charge < -0.3 is 9.94 Å². The van der Waals surface area contributed by atoms with Crippen molar-refractivity contribution in [3.8, 4) is 5.75 Å². The van der Waals surface area contributed by atoms with Gasteiger partial charge in [0.2, 0.25) is 0 Å². The number of rotatable bonds is 6. The summed E-state index contributed by atoms with van der Waals surface area (Å²) in [6, 6.07) is 6.97. The fourth-order valence-electron chi connectivity index (χ4n) is 1.30. The average molecular weight is 271 g/mol. The van der Waals surface area contributed by atoms with Crippen molar-refractivity contribution in [2.75, 3.05) is 18.1 Å². The topological polar surface area (TPSA) is 76.0 Å². The van der Waals surface area contributed by atoms with Gasteiger partial charge in [0.05, 0.1) is 11.5 Å². The molecule has 0 heterocycles. The molecule has 0 saturated heterocycles. The lowest BCUT2D eigenvalue weighted by molar-refractivity contribution is 0.319. The predicted molar refractivity (Wildman–Crippen MR) is 70.3 cm³/mol. The minimum atomic E-state index is -3.01. The number of hydrogen-bond acceptors (Lipinski definition) is 5. The summed E-state index contributed by atoms with van der Waals surface area (Å²) in [7, 11) is -3.01. The van der Waals surface area contributed by atoms with E-state index in [1.165, 1.54) is 0 Å². The molecule has 0 radical (unpaired) electrons. The van der Waals surface area contributed by atoms with Crippen LogP contribution in [0.5, 0.6) is 5.75 Å². The first-order valence-corrected chi connectivity index (χ1v) is 7.43. The van der Waals surface area contributed by atoms with Crippen molar-refractivity contribution in [3.63, 3.8) is 0 Å². The largest absolute Gasteiger partial charge is 0.493 e. The summed E-state index contributed by atoms with van der Waals surface area (Å²) in [5.41, 5.74) is 1.20. The standard InChI is InChI=1S/C12H17NO4S/c1-3-18(15,16)8-7-17-12-6-4-5-11(9-12)10(2)13-14/h4-6,9,14H,3,7-8H2,1-2H3/b13-10+. The lowest BCUT2D eigenvalue weighted by Crippen LogP contribution is -2.15. The minimum absolute atomic E-state index is 0.000793. The highest BCUT2D eigenvalue weighted by Gasteiger charge is 2.07. The van der Waals surface area contributed by atoms with Crippen LogP contribution in [-0.4, -0.2) is 37.4 Å². The van der Waals surface area contributed by atoms with E-state index < -0.39 is 9.84 Å². The molecule has 100 valence electrons. The summed E-state index contributed by atoms with van der Waals surface area (Å²) in [6.45, 7) is 3.40. The van der Waals surface area contributed by atoms with Crippen molar-refractivity contribution in [1.29, 1.82) is 0 Å². The van der Waals surface area contributed by atoms with Crippen LogP contribution in [0.3, 0.4) is 0 Å². The van der Waals surface area contributed by atoms with Crippen molar-refractivity contribution >= 4 is 15.5 Å². The van der Waals surface area contributed by atoms with Crippen LogP contribution in [0.15, 0.2) is 29.4 Å². The maximum atomic E-state index is 11.3. The van der Waals surface area contributed by atoms with Crippen LogP contribution in [0.1, 0.15) is 19.4 Å². The fourth-order valence-corrected chi connectivity index (χ4v) is 1.93. The second-order valence-electron chi connectivity index (χ2n) is 3.80. The summed E-state index contributed by atoms with van der Waals surface area (Å²) in [5.74, 6) is 0.676. The van der Waals surface area contributed by atoms with Gasteiger partial charge in [-0.1, -0.05) is 24.2 Å². The summed E-state index contributed by atoms with van der Waals surface area (Å²) < 4.78 is 27.9. The highest BCUT2D eigenvalue weighted by atomic mass is 32.2. The van der Waals surface area contributed by atoms with Gasteiger partial charge in [0.25, 0.3) is 0 Å². The zero-order chi connectivity index (χ0) is 13.6. The molecule has 0 unspecified atom stereocenters. The first kappa shape index (κ1) is 14.5. The Kier molecular flexibility index (Phi) is 5.15. The van der Waals surface area contributed by atoms with Gasteiger partial charge in [-0.25, -0.2) is 8.42 Å². The van der Waals surface area contributed by atoms with Gasteiger partial charge in [0.1, 0.15) is 12.4 Å². The molecule has 0 amide bonds. The molecule has 0 spiro atoms. The summed E-state index contributed by atoms with van der Waals surface area (Å²) in [6.07, 6.45) is 0. The van der Waals surface area contributed by atoms with Gasteiger partial charge >= 0.3 is 0 Å². The third-order valence-electron chi connectivity index (χ3n) is 2.50. The smallest absolute Gasteiger partial charge is 0.153 e. The third-order valence-corrected chi connectivity index (χ3v) is 4.17. The molecule has 0 saturated carbocycles. The molecule has 0 aromatic heterocycles. The Morgan fingerprint density at radius 1 is 1.44 bits per heavy atom. The van der Waals surface area contributed by atoms with Crippen LogP contribution in [0.25, 0.3) is 0 Å². The lowest BCUT2D eigenvalue weighted by atomic mass is 10.1. The molecular weight excluding hydrogens is 254 g/mol. The molecule has 1 aromatic carbocycles. The normalized spacial score (nSPS) is 12.4. The van der Waals surface area contributed by atoms with Crippen LogP contribution in [0, 0.1) is 0 Å². The number of nitrogens with zero attached hydrogens (tertiary/aromatic N) is 1. The molecule has 1 N–H and O–H groups in total. The molecular formula is C12H17NO4S. The predicted octanol–water partition coefficient (Wildman–Crippen LogP) is 1.70. The van der Waals surface area contributed by atoms with Crippen molar-refractivity contribution < 1.29 is 18.4 Å². The van der Waals surface area contributed by atoms with Crippen LogP contribution in [0.4, 0.5) is 0 Å². The molecule has 0 atom stereocenters. The quantitative estimate of drug-likeness (QED) is 0.485. The average Bonchev–Trinajstić information content (AvgIpc) is 2.38. The molecule has 1 aromatic rings. The van der Waals surface area contributed by atoms with E-state index in [1.807, 2.05) is 0 Å². The van der Waals surface area contributed by atoms with Crippen molar-refractivity contribution in [1.82, 2.24) is 0 Å². The maximum Gasteiger partial charge on any atom is 0.153 e. The van der Waals surface area contributed by atoms with Crippen molar-refractivity contribution in [2.24, 2.45) is 5.16 Å². The molecule has 0 aliphatic heterocycles. The SMILES string of the molecule is CCS(=O)(=O)CCOc1cccc(/C(C)=N/O)c1. The Morgan fingerprint density at radius 3 is 2.78 bits per heavy atom. The molecule has 18 heavy (non-hydrogen) atoms. The molecule has 0 aliphatic carbocycles. The lowest BCUT2D eigenvalue weighted by Gasteiger charge is -2.07. The highest BCUT2D eigenvalue weighted by Crippen LogP contribution is 2.14. The number of ether oxygens (including phenoxy) is 1. The number of oxime groups is 1. The van der Waals surface area contributed by atoms with Gasteiger partial charge in [-0.3, -0.25) is 0 Å². The van der Waals surface area contributed by atoms with Crippen LogP contribution >= 0.6 is 0 Å². The molecule has 0 aliphatic rings. The molecule has 0 bridgehead atoms. The molecule has 1 rings (SSSR count). The Morgan fingerprint density at radius 2 is 2.17 bits per heavy atom. The number of hydrogen-bond donors (Lipinski definition) is 1. The van der Waals surface area contributed by atoms with E-state index in [4.69, 9.17) is 9.94 Å². The zero-order valence-electron chi connectivity index (χ0n) is 10.5. The Hall–Kier alpha value is -1.56. The first-order valence-electron chi connectivity index (χ1n) is 5.61. The van der Waals surface area contributed by atoms with E-state index in [1.54, 1.807) is 38.1 Å². The zero-order valence-corrected chi connectivity index (χ0v) is 11.3. The van der Waals surface area contributed by atoms with Crippen LogP contribution in [-0.2, 0) is 9.84 Å². The summed E-state index contributed by atoms with van der Waals surface area (Å²) in [5, 5.41) is 11.8. The third kappa shape index (κ3) is 4.37. The van der Waals surface area contributed by atoms with E-state index >= 15 is 0 Å². The molecule has 0 fully saturated rings. The van der Waals surface area contributed by atoms with Crippen molar-refractivity contribution in [2.45, 2.75) is 13.8 Å².